The molecule has 1 amide bonds. The highest BCUT2D eigenvalue weighted by Crippen LogP contribution is 2.13. The highest BCUT2D eigenvalue weighted by atomic mass is 16.5. The van der Waals surface area contributed by atoms with Crippen molar-refractivity contribution in [1.82, 2.24) is 10.2 Å². The normalized spacial score (nSPS) is 32.3. The van der Waals surface area contributed by atoms with Crippen LogP contribution in [-0.4, -0.2) is 62.9 Å². The van der Waals surface area contributed by atoms with Gasteiger partial charge in [0.25, 0.3) is 5.91 Å². The molecule has 2 fully saturated rings. The number of amides is 1. The van der Waals surface area contributed by atoms with Crippen LogP contribution in [0.15, 0.2) is 0 Å². The minimum absolute atomic E-state index is 0.0949. The maximum Gasteiger partial charge on any atom is 0.251 e. The van der Waals surface area contributed by atoms with Crippen LogP contribution in [0.1, 0.15) is 6.42 Å². The van der Waals surface area contributed by atoms with Crippen LogP contribution in [0.4, 0.5) is 0 Å². The number of hydrogen-bond donors (Lipinski definition) is 1. The average molecular weight is 214 g/mol. The fourth-order valence-corrected chi connectivity index (χ4v) is 1.90. The monoisotopic (exact) mass is 214 g/mol. The molecule has 2 aliphatic heterocycles. The molecule has 0 aromatic rings. The molecule has 0 spiro atoms. The molecule has 0 aromatic carbocycles. The summed E-state index contributed by atoms with van der Waals surface area (Å²) in [5, 5.41) is 3.23. The number of hydrogen-bond acceptors (Lipinski definition) is 4. The molecule has 86 valence electrons. The average Bonchev–Trinajstić information content (AvgIpc) is 2.59. The largest absolute Gasteiger partial charge is 0.373 e. The third-order valence-electron chi connectivity index (χ3n) is 2.87. The van der Waals surface area contributed by atoms with Crippen LogP contribution >= 0.6 is 0 Å². The van der Waals surface area contributed by atoms with Crippen LogP contribution in [0, 0.1) is 0 Å². The maximum absolute atomic E-state index is 11.5. The van der Waals surface area contributed by atoms with Gasteiger partial charge in [-0.25, -0.2) is 0 Å². The number of ether oxygens (including phenoxy) is 2. The molecule has 15 heavy (non-hydrogen) atoms. The Hall–Kier alpha value is -0.650. The van der Waals surface area contributed by atoms with Crippen molar-refractivity contribution in [3.05, 3.63) is 0 Å². The molecule has 0 radical (unpaired) electrons. The summed E-state index contributed by atoms with van der Waals surface area (Å²) in [6.07, 6.45) is 0.646. The van der Waals surface area contributed by atoms with Crippen LogP contribution in [0.2, 0.25) is 0 Å². The summed E-state index contributed by atoms with van der Waals surface area (Å²) in [5.74, 6) is 0.0961. The Bertz CT molecular complexity index is 229. The van der Waals surface area contributed by atoms with Gasteiger partial charge in [-0.15, -0.1) is 0 Å². The first-order chi connectivity index (χ1) is 7.27. The Labute approximate surface area is 89.7 Å². The lowest BCUT2D eigenvalue weighted by atomic mass is 10.3. The Morgan fingerprint density at radius 2 is 2.53 bits per heavy atom. The first-order valence-corrected chi connectivity index (χ1v) is 5.46. The maximum atomic E-state index is 11.5. The second-order valence-corrected chi connectivity index (χ2v) is 4.07. The highest BCUT2D eigenvalue weighted by Gasteiger charge is 2.30. The van der Waals surface area contributed by atoms with E-state index in [0.717, 1.165) is 32.7 Å². The molecule has 2 atom stereocenters. The van der Waals surface area contributed by atoms with Crippen LogP contribution in [-0.2, 0) is 14.3 Å². The summed E-state index contributed by atoms with van der Waals surface area (Å²) in [5.41, 5.74) is 0. The molecule has 5 heteroatoms. The zero-order chi connectivity index (χ0) is 10.7. The topological polar surface area (TPSA) is 50.8 Å². The van der Waals surface area contributed by atoms with E-state index in [1.54, 1.807) is 4.90 Å². The van der Waals surface area contributed by atoms with E-state index in [1.807, 2.05) is 7.05 Å². The molecule has 2 rings (SSSR count). The molecule has 0 saturated carbocycles. The molecule has 0 bridgehead atoms. The molecule has 0 aliphatic carbocycles. The van der Waals surface area contributed by atoms with Crippen molar-refractivity contribution in [3.8, 4) is 0 Å². The molecule has 5 nitrogen and oxygen atoms in total. The van der Waals surface area contributed by atoms with Crippen molar-refractivity contribution in [1.29, 1.82) is 0 Å². The third kappa shape index (κ3) is 2.68. The SMILES string of the molecule is CN1CCC(OCC2CNCCO2)C1=O. The van der Waals surface area contributed by atoms with Crippen LogP contribution in [0.5, 0.6) is 0 Å². The summed E-state index contributed by atoms with van der Waals surface area (Å²) in [7, 11) is 1.81. The number of carbonyl (C=O) groups excluding carboxylic acids is 1. The lowest BCUT2D eigenvalue weighted by Gasteiger charge is -2.24. The standard InChI is InChI=1S/C10H18N2O3/c1-12-4-2-9(10(12)13)15-7-8-6-11-3-5-14-8/h8-9,11H,2-7H2,1H3. The molecular weight excluding hydrogens is 196 g/mol. The summed E-state index contributed by atoms with van der Waals surface area (Å²) >= 11 is 0. The Kier molecular flexibility index (Phi) is 3.56. The van der Waals surface area contributed by atoms with Crippen molar-refractivity contribution in [2.24, 2.45) is 0 Å². The Morgan fingerprint density at radius 3 is 3.13 bits per heavy atom. The van der Waals surface area contributed by atoms with Gasteiger partial charge in [-0.05, 0) is 0 Å². The van der Waals surface area contributed by atoms with E-state index in [0.29, 0.717) is 6.61 Å². The fourth-order valence-electron chi connectivity index (χ4n) is 1.90. The smallest absolute Gasteiger partial charge is 0.251 e. The van der Waals surface area contributed by atoms with Gasteiger partial charge in [0.2, 0.25) is 0 Å². The van der Waals surface area contributed by atoms with E-state index < -0.39 is 0 Å². The lowest BCUT2D eigenvalue weighted by Crippen LogP contribution is -2.42. The van der Waals surface area contributed by atoms with Crippen molar-refractivity contribution in [2.45, 2.75) is 18.6 Å². The number of morpholine rings is 1. The first kappa shape index (κ1) is 10.9. The second-order valence-electron chi connectivity index (χ2n) is 4.07. The van der Waals surface area contributed by atoms with Gasteiger partial charge in [0, 0.05) is 33.1 Å². The van der Waals surface area contributed by atoms with Crippen LogP contribution in [0.3, 0.4) is 0 Å². The van der Waals surface area contributed by atoms with E-state index in [2.05, 4.69) is 5.32 Å². The van der Waals surface area contributed by atoms with Crippen molar-refractivity contribution < 1.29 is 14.3 Å². The van der Waals surface area contributed by atoms with Gasteiger partial charge in [0.15, 0.2) is 0 Å². The molecule has 0 aromatic heterocycles. The third-order valence-corrected chi connectivity index (χ3v) is 2.87. The minimum Gasteiger partial charge on any atom is -0.373 e. The number of likely N-dealkylation sites (N-methyl/N-ethyl adjacent to an activating group) is 1. The van der Waals surface area contributed by atoms with E-state index in [4.69, 9.17) is 9.47 Å². The van der Waals surface area contributed by atoms with Gasteiger partial charge < -0.3 is 19.7 Å². The van der Waals surface area contributed by atoms with E-state index in [-0.39, 0.29) is 18.1 Å². The predicted molar refractivity (Wildman–Crippen MR) is 54.6 cm³/mol. The lowest BCUT2D eigenvalue weighted by molar-refractivity contribution is -0.139. The predicted octanol–water partition coefficient (Wildman–Crippen LogP) is -0.778. The van der Waals surface area contributed by atoms with E-state index >= 15 is 0 Å². The van der Waals surface area contributed by atoms with Crippen molar-refractivity contribution >= 4 is 5.91 Å². The van der Waals surface area contributed by atoms with Gasteiger partial charge in [-0.2, -0.15) is 0 Å². The van der Waals surface area contributed by atoms with E-state index in [1.165, 1.54) is 0 Å². The van der Waals surface area contributed by atoms with Crippen LogP contribution < -0.4 is 5.32 Å². The number of likely N-dealkylation sites (tertiary alicyclic amines) is 1. The Balaban J connectivity index is 1.71. The van der Waals surface area contributed by atoms with Gasteiger partial charge in [-0.1, -0.05) is 0 Å². The summed E-state index contributed by atoms with van der Waals surface area (Å²) < 4.78 is 11.1. The highest BCUT2D eigenvalue weighted by molar-refractivity contribution is 5.82. The van der Waals surface area contributed by atoms with Gasteiger partial charge >= 0.3 is 0 Å². The zero-order valence-electron chi connectivity index (χ0n) is 9.07. The first-order valence-electron chi connectivity index (χ1n) is 5.46. The number of rotatable bonds is 3. The van der Waals surface area contributed by atoms with Gasteiger partial charge in [0.05, 0.1) is 19.3 Å². The number of nitrogens with one attached hydrogen (secondary N) is 1. The zero-order valence-corrected chi connectivity index (χ0v) is 9.07. The number of carbonyl (C=O) groups is 1. The van der Waals surface area contributed by atoms with Crippen molar-refractivity contribution in [3.63, 3.8) is 0 Å². The second kappa shape index (κ2) is 4.92. The fraction of sp³-hybridized carbons (Fsp3) is 0.900. The van der Waals surface area contributed by atoms with Crippen molar-refractivity contribution in [2.75, 3.05) is 39.9 Å². The quantitative estimate of drug-likeness (QED) is 0.670. The Morgan fingerprint density at radius 1 is 1.67 bits per heavy atom. The van der Waals surface area contributed by atoms with E-state index in [9.17, 15) is 4.79 Å². The summed E-state index contributed by atoms with van der Waals surface area (Å²) in [6, 6.07) is 0. The van der Waals surface area contributed by atoms with Gasteiger partial charge in [0.1, 0.15) is 6.10 Å². The molecule has 2 heterocycles. The minimum atomic E-state index is -0.250. The molecular formula is C10H18N2O3. The number of nitrogens with zero attached hydrogens (tertiary/aromatic N) is 1. The molecule has 2 saturated heterocycles. The van der Waals surface area contributed by atoms with Gasteiger partial charge in [-0.3, -0.25) is 4.79 Å². The van der Waals surface area contributed by atoms with Crippen LogP contribution in [0.25, 0.3) is 0 Å². The summed E-state index contributed by atoms with van der Waals surface area (Å²) in [4.78, 5) is 13.2. The molecule has 2 aliphatic rings. The molecule has 2 unspecified atom stereocenters. The molecule has 1 N–H and O–H groups in total. The summed E-state index contributed by atoms with van der Waals surface area (Å²) in [6.45, 7) is 3.76.